The van der Waals surface area contributed by atoms with Gasteiger partial charge in [-0.15, -0.1) is 0 Å². The van der Waals surface area contributed by atoms with Gasteiger partial charge in [0, 0.05) is 39.8 Å². The topological polar surface area (TPSA) is 90.4 Å². The quantitative estimate of drug-likeness (QED) is 0.500. The fourth-order valence-electron chi connectivity index (χ4n) is 5.89. The fraction of sp³-hybridized carbons (Fsp3) is 0.500. The number of carbonyl (C=O) groups excluding carboxylic acids is 3. The molecule has 8 nitrogen and oxygen atoms in total. The van der Waals surface area contributed by atoms with Gasteiger partial charge < -0.3 is 24.5 Å². The van der Waals surface area contributed by atoms with Crippen molar-refractivity contribution in [3.05, 3.63) is 60.2 Å². The number of ether oxygens (including phenoxy) is 1. The van der Waals surface area contributed by atoms with Crippen LogP contribution in [0.3, 0.4) is 0 Å². The summed E-state index contributed by atoms with van der Waals surface area (Å²) in [6.45, 7) is 1.65. The highest BCUT2D eigenvalue weighted by Crippen LogP contribution is 2.53. The Kier molecular flexibility index (Phi) is 6.04. The third-order valence-electron chi connectivity index (χ3n) is 7.47. The van der Waals surface area contributed by atoms with Gasteiger partial charge in [0.1, 0.15) is 11.6 Å². The molecule has 5 rings (SSSR count). The Morgan fingerprint density at radius 3 is 2.59 bits per heavy atom. The Bertz CT molecular complexity index is 1020. The summed E-state index contributed by atoms with van der Waals surface area (Å²) in [5.74, 6) is -1.94. The van der Waals surface area contributed by atoms with Crippen LogP contribution >= 0.6 is 0 Å². The molecule has 4 aliphatic rings. The van der Waals surface area contributed by atoms with Crippen LogP contribution in [0.2, 0.25) is 0 Å². The second kappa shape index (κ2) is 9.00. The van der Waals surface area contributed by atoms with E-state index >= 15 is 0 Å². The van der Waals surface area contributed by atoms with E-state index in [1.807, 2.05) is 54.6 Å². The van der Waals surface area contributed by atoms with Crippen LogP contribution in [0.15, 0.2) is 54.6 Å². The maximum absolute atomic E-state index is 14.0. The number of aliphatic hydroxyl groups excluding tert-OH is 1. The number of nitrogens with zero attached hydrogens (tertiary/aromatic N) is 3. The summed E-state index contributed by atoms with van der Waals surface area (Å²) in [5.41, 5.74) is -0.183. The van der Waals surface area contributed by atoms with Gasteiger partial charge in [-0.25, -0.2) is 0 Å². The van der Waals surface area contributed by atoms with Gasteiger partial charge in [0.2, 0.25) is 17.7 Å². The van der Waals surface area contributed by atoms with E-state index in [4.69, 9.17) is 4.74 Å². The van der Waals surface area contributed by atoms with Gasteiger partial charge in [-0.1, -0.05) is 54.6 Å². The lowest BCUT2D eigenvalue weighted by Gasteiger charge is -2.35. The number of rotatable bonds is 6. The summed E-state index contributed by atoms with van der Waals surface area (Å²) in [6, 6.07) is 8.92. The molecule has 8 heteroatoms. The summed E-state index contributed by atoms with van der Waals surface area (Å²) in [6.07, 6.45) is 8.08. The first-order valence-electron chi connectivity index (χ1n) is 12.0. The van der Waals surface area contributed by atoms with Gasteiger partial charge >= 0.3 is 0 Å². The lowest BCUT2D eigenvalue weighted by molar-refractivity contribution is -0.148. The molecule has 180 valence electrons. The molecule has 0 aromatic heterocycles. The number of likely N-dealkylation sites (N-methyl/N-ethyl adjacent to an activating group) is 1. The minimum Gasteiger partial charge on any atom is -0.396 e. The molecule has 0 aliphatic carbocycles. The van der Waals surface area contributed by atoms with E-state index in [9.17, 15) is 19.5 Å². The van der Waals surface area contributed by atoms with Crippen molar-refractivity contribution in [1.29, 1.82) is 0 Å². The SMILES string of the molecule is CN1CC=C[C@H]2O[C@]34C=CCN(Cc5ccccc5)C(=O)C3N(CCCCO)C(=O)[C@@H]4[C@H]2C1=O. The van der Waals surface area contributed by atoms with Crippen molar-refractivity contribution in [2.45, 2.75) is 37.1 Å². The summed E-state index contributed by atoms with van der Waals surface area (Å²) >= 11 is 0. The predicted molar refractivity (Wildman–Crippen MR) is 124 cm³/mol. The molecule has 4 aliphatic heterocycles. The lowest BCUT2D eigenvalue weighted by atomic mass is 9.77. The summed E-state index contributed by atoms with van der Waals surface area (Å²) in [4.78, 5) is 46.2. The number of likely N-dealkylation sites (tertiary alicyclic amines) is 1. The molecule has 3 amide bonds. The minimum atomic E-state index is -1.19. The van der Waals surface area contributed by atoms with Crippen LogP contribution in [0, 0.1) is 11.8 Å². The van der Waals surface area contributed by atoms with Crippen molar-refractivity contribution in [3.8, 4) is 0 Å². The third-order valence-corrected chi connectivity index (χ3v) is 7.47. The van der Waals surface area contributed by atoms with Gasteiger partial charge in [0.05, 0.1) is 17.9 Å². The van der Waals surface area contributed by atoms with Crippen LogP contribution in [0.5, 0.6) is 0 Å². The Hall–Kier alpha value is -2.97. The molecule has 34 heavy (non-hydrogen) atoms. The molecular weight excluding hydrogens is 434 g/mol. The zero-order chi connectivity index (χ0) is 23.9. The highest BCUT2D eigenvalue weighted by atomic mass is 16.5. The van der Waals surface area contributed by atoms with Crippen LogP contribution in [0.25, 0.3) is 0 Å². The van der Waals surface area contributed by atoms with Crippen molar-refractivity contribution >= 4 is 17.7 Å². The molecule has 0 bridgehead atoms. The lowest BCUT2D eigenvalue weighted by Crippen LogP contribution is -2.55. The summed E-state index contributed by atoms with van der Waals surface area (Å²) in [5, 5.41) is 9.28. The molecule has 1 N–H and O–H groups in total. The van der Waals surface area contributed by atoms with E-state index in [1.165, 1.54) is 0 Å². The van der Waals surface area contributed by atoms with Crippen molar-refractivity contribution in [1.82, 2.24) is 14.7 Å². The Morgan fingerprint density at radius 2 is 1.82 bits per heavy atom. The molecule has 1 aromatic rings. The summed E-state index contributed by atoms with van der Waals surface area (Å²) in [7, 11) is 1.73. The van der Waals surface area contributed by atoms with Gasteiger partial charge in [0.25, 0.3) is 0 Å². The zero-order valence-electron chi connectivity index (χ0n) is 19.4. The maximum atomic E-state index is 14.0. The zero-order valence-corrected chi connectivity index (χ0v) is 19.4. The first-order chi connectivity index (χ1) is 16.5. The molecular formula is C26H31N3O5. The number of hydrogen-bond acceptors (Lipinski definition) is 5. The molecule has 1 spiro atoms. The molecule has 2 saturated heterocycles. The van der Waals surface area contributed by atoms with Crippen LogP contribution in [-0.4, -0.2) is 88.6 Å². The Balaban J connectivity index is 1.54. The molecule has 1 aromatic carbocycles. The number of benzene rings is 1. The Morgan fingerprint density at radius 1 is 1.03 bits per heavy atom. The average Bonchev–Trinajstić information content (AvgIpc) is 3.16. The van der Waals surface area contributed by atoms with Crippen LogP contribution in [-0.2, 0) is 25.7 Å². The normalized spacial score (nSPS) is 32.5. The average molecular weight is 466 g/mol. The van der Waals surface area contributed by atoms with Gasteiger partial charge in [-0.3, -0.25) is 14.4 Å². The first-order valence-corrected chi connectivity index (χ1v) is 12.0. The van der Waals surface area contributed by atoms with Crippen molar-refractivity contribution < 1.29 is 24.2 Å². The van der Waals surface area contributed by atoms with Crippen molar-refractivity contribution in [2.24, 2.45) is 11.8 Å². The molecule has 4 heterocycles. The molecule has 2 fully saturated rings. The highest BCUT2D eigenvalue weighted by molar-refractivity contribution is 5.99. The highest BCUT2D eigenvalue weighted by Gasteiger charge is 2.71. The van der Waals surface area contributed by atoms with Crippen molar-refractivity contribution in [2.75, 3.05) is 33.3 Å². The minimum absolute atomic E-state index is 0.0184. The second-order valence-electron chi connectivity index (χ2n) is 9.56. The number of fused-ring (bicyclic) bond motifs is 2. The van der Waals surface area contributed by atoms with E-state index in [2.05, 4.69) is 0 Å². The number of carbonyl (C=O) groups is 3. The van der Waals surface area contributed by atoms with Gasteiger partial charge in [-0.2, -0.15) is 0 Å². The van der Waals surface area contributed by atoms with E-state index in [0.29, 0.717) is 39.0 Å². The third kappa shape index (κ3) is 3.56. The maximum Gasteiger partial charge on any atom is 0.249 e. The number of aliphatic hydroxyl groups is 1. The number of hydrogen-bond donors (Lipinski definition) is 1. The van der Waals surface area contributed by atoms with E-state index in [0.717, 1.165) is 5.56 Å². The molecule has 5 atom stereocenters. The fourth-order valence-corrected chi connectivity index (χ4v) is 5.89. The van der Waals surface area contributed by atoms with E-state index < -0.39 is 29.6 Å². The second-order valence-corrected chi connectivity index (χ2v) is 9.56. The molecule has 0 radical (unpaired) electrons. The van der Waals surface area contributed by atoms with E-state index in [-0.39, 0.29) is 24.3 Å². The molecule has 0 saturated carbocycles. The Labute approximate surface area is 199 Å². The molecule has 1 unspecified atom stereocenters. The van der Waals surface area contributed by atoms with Gasteiger partial charge in [-0.05, 0) is 18.4 Å². The monoisotopic (exact) mass is 465 g/mol. The predicted octanol–water partition coefficient (Wildman–Crippen LogP) is 0.967. The van der Waals surface area contributed by atoms with Crippen LogP contribution < -0.4 is 0 Å². The number of amides is 3. The van der Waals surface area contributed by atoms with Crippen LogP contribution in [0.1, 0.15) is 18.4 Å². The van der Waals surface area contributed by atoms with Crippen LogP contribution in [0.4, 0.5) is 0 Å². The van der Waals surface area contributed by atoms with Gasteiger partial charge in [0.15, 0.2) is 0 Å². The van der Waals surface area contributed by atoms with Crippen molar-refractivity contribution in [3.63, 3.8) is 0 Å². The largest absolute Gasteiger partial charge is 0.396 e. The first kappa shape index (κ1) is 22.8. The smallest absolute Gasteiger partial charge is 0.249 e. The standard InChI is InChI=1S/C26H31N3O5/c1-27-13-7-11-19-20(23(27)31)21-24(32)29(15-5-6-16-30)22-25(33)28(14-8-12-26(21,22)34-19)17-18-9-3-2-4-10-18/h2-4,7-12,19-22,30H,5-6,13-17H2,1H3/t19-,20+,21+,22?,26+/m1/s1. The summed E-state index contributed by atoms with van der Waals surface area (Å²) < 4.78 is 6.56. The number of unbranched alkanes of at least 4 members (excludes halogenated alkanes) is 1. The van der Waals surface area contributed by atoms with E-state index in [1.54, 1.807) is 21.7 Å².